The number of ether oxygens (including phenoxy) is 1. The molecule has 3 aromatic rings. The van der Waals surface area contributed by atoms with Crippen LogP contribution >= 0.6 is 22.9 Å². The zero-order valence-corrected chi connectivity index (χ0v) is 22.9. The van der Waals surface area contributed by atoms with Crippen LogP contribution in [0.3, 0.4) is 0 Å². The van der Waals surface area contributed by atoms with Gasteiger partial charge in [-0.1, -0.05) is 31.5 Å². The van der Waals surface area contributed by atoms with Crippen molar-refractivity contribution in [2.24, 2.45) is 5.92 Å². The summed E-state index contributed by atoms with van der Waals surface area (Å²) >= 11 is 7.85. The number of hydrogen-bond donors (Lipinski definition) is 0. The van der Waals surface area contributed by atoms with Crippen molar-refractivity contribution in [2.45, 2.75) is 39.7 Å². The van der Waals surface area contributed by atoms with E-state index in [1.165, 1.54) is 23.1 Å². The first-order valence-corrected chi connectivity index (χ1v) is 13.8. The van der Waals surface area contributed by atoms with Crippen molar-refractivity contribution in [1.82, 2.24) is 9.80 Å². The van der Waals surface area contributed by atoms with Crippen LogP contribution in [0.2, 0.25) is 5.02 Å². The maximum Gasteiger partial charge on any atom is 0.254 e. The summed E-state index contributed by atoms with van der Waals surface area (Å²) in [5, 5.41) is 2.71. The van der Waals surface area contributed by atoms with Gasteiger partial charge in [0.1, 0.15) is 24.7 Å². The molecule has 8 heteroatoms. The Morgan fingerprint density at radius 2 is 2.03 bits per heavy atom. The Balaban J connectivity index is 1.54. The van der Waals surface area contributed by atoms with Gasteiger partial charge >= 0.3 is 0 Å². The zero-order valence-electron chi connectivity index (χ0n) is 21.4. The third-order valence-electron chi connectivity index (χ3n) is 6.61. The number of fused-ring (bicyclic) bond motifs is 1. The molecule has 0 unspecified atom stereocenters. The van der Waals surface area contributed by atoms with E-state index in [1.54, 1.807) is 28.4 Å². The highest BCUT2D eigenvalue weighted by molar-refractivity contribution is 7.10. The molecule has 0 bridgehead atoms. The van der Waals surface area contributed by atoms with E-state index in [9.17, 15) is 14.0 Å². The summed E-state index contributed by atoms with van der Waals surface area (Å²) in [7, 11) is 0. The molecule has 4 rings (SSSR count). The Labute approximate surface area is 226 Å². The number of amides is 2. The minimum Gasteiger partial charge on any atom is -0.491 e. The van der Waals surface area contributed by atoms with Gasteiger partial charge in [-0.2, -0.15) is 0 Å². The Hall–Kier alpha value is -2.90. The van der Waals surface area contributed by atoms with Crippen molar-refractivity contribution >= 4 is 34.8 Å². The highest BCUT2D eigenvalue weighted by atomic mass is 35.5. The lowest BCUT2D eigenvalue weighted by Crippen LogP contribution is -2.48. The molecule has 5 nitrogen and oxygen atoms in total. The monoisotopic (exact) mass is 542 g/mol. The van der Waals surface area contributed by atoms with Crippen LogP contribution in [-0.2, 0) is 11.2 Å². The van der Waals surface area contributed by atoms with Crippen molar-refractivity contribution in [3.63, 3.8) is 0 Å². The van der Waals surface area contributed by atoms with E-state index < -0.39 is 5.82 Å². The third kappa shape index (κ3) is 6.70. The number of benzene rings is 2. The van der Waals surface area contributed by atoms with E-state index in [2.05, 4.69) is 19.9 Å². The first-order chi connectivity index (χ1) is 17.7. The Kier molecular flexibility index (Phi) is 8.87. The number of thiophene rings is 1. The standard InChI is InChI=1S/C29H32ClFN2O3S/c1-19(2)9-12-32(29(35)21-5-4-6-22(31)16-21)17-28(34)33-13-10-27-24(11-14-37-27)26(33)18-36-23-7-8-25(30)20(3)15-23/h4-8,11,14-16,19,26H,9-10,12-13,17-18H2,1-3H3/t26-/m0/s1. The topological polar surface area (TPSA) is 49.9 Å². The predicted octanol–water partition coefficient (Wildman–Crippen LogP) is 6.54. The maximum absolute atomic E-state index is 13.8. The summed E-state index contributed by atoms with van der Waals surface area (Å²) in [5.74, 6) is 0.0795. The van der Waals surface area contributed by atoms with Gasteiger partial charge in [-0.05, 0) is 84.7 Å². The van der Waals surface area contributed by atoms with Crippen LogP contribution in [-0.4, -0.2) is 47.9 Å². The lowest BCUT2D eigenvalue weighted by atomic mass is 10.00. The summed E-state index contributed by atoms with van der Waals surface area (Å²) in [5.41, 5.74) is 2.25. The SMILES string of the molecule is Cc1cc(OC[C@H]2c3ccsc3CCN2C(=O)CN(CCC(C)C)C(=O)c2cccc(F)c2)ccc1Cl. The van der Waals surface area contributed by atoms with Crippen LogP contribution in [0.5, 0.6) is 5.75 Å². The summed E-state index contributed by atoms with van der Waals surface area (Å²) in [6, 6.07) is 12.9. The van der Waals surface area contributed by atoms with Crippen LogP contribution in [0, 0.1) is 18.7 Å². The number of carbonyl (C=O) groups is 2. The molecule has 0 N–H and O–H groups in total. The largest absolute Gasteiger partial charge is 0.491 e. The quantitative estimate of drug-likeness (QED) is 0.308. The van der Waals surface area contributed by atoms with E-state index in [0.29, 0.717) is 36.4 Å². The Morgan fingerprint density at radius 1 is 1.22 bits per heavy atom. The number of carbonyl (C=O) groups excluding carboxylic acids is 2. The first-order valence-electron chi connectivity index (χ1n) is 12.5. The van der Waals surface area contributed by atoms with E-state index in [0.717, 1.165) is 24.0 Å². The normalized spacial score (nSPS) is 15.0. The number of halogens is 2. The second-order valence-corrected chi connectivity index (χ2v) is 11.2. The molecular formula is C29H32ClFN2O3S. The summed E-state index contributed by atoms with van der Waals surface area (Å²) in [6.07, 6.45) is 1.50. The van der Waals surface area contributed by atoms with E-state index in [1.807, 2.05) is 29.3 Å². The fraction of sp³-hybridized carbons (Fsp3) is 0.379. The van der Waals surface area contributed by atoms with Gasteiger partial charge < -0.3 is 14.5 Å². The number of hydrogen-bond acceptors (Lipinski definition) is 4. The molecule has 0 fully saturated rings. The molecule has 196 valence electrons. The van der Waals surface area contributed by atoms with Crippen molar-refractivity contribution in [3.8, 4) is 5.75 Å². The smallest absolute Gasteiger partial charge is 0.254 e. The van der Waals surface area contributed by atoms with Gasteiger partial charge in [-0.25, -0.2) is 4.39 Å². The fourth-order valence-corrected chi connectivity index (χ4v) is 5.53. The number of aryl methyl sites for hydroxylation is 1. The van der Waals surface area contributed by atoms with Gasteiger partial charge in [0.05, 0.1) is 6.04 Å². The van der Waals surface area contributed by atoms with E-state index in [-0.39, 0.29) is 30.0 Å². The Bertz CT molecular complexity index is 1260. The van der Waals surface area contributed by atoms with Gasteiger partial charge in [0, 0.05) is 28.6 Å². The van der Waals surface area contributed by atoms with Gasteiger partial charge in [0.2, 0.25) is 5.91 Å². The van der Waals surface area contributed by atoms with Crippen LogP contribution in [0.15, 0.2) is 53.9 Å². The third-order valence-corrected chi connectivity index (χ3v) is 8.03. The molecule has 2 amide bonds. The van der Waals surface area contributed by atoms with E-state index >= 15 is 0 Å². The predicted molar refractivity (Wildman–Crippen MR) is 146 cm³/mol. The lowest BCUT2D eigenvalue weighted by Gasteiger charge is -2.37. The number of nitrogens with zero attached hydrogens (tertiary/aromatic N) is 2. The van der Waals surface area contributed by atoms with Crippen LogP contribution in [0.1, 0.15) is 52.7 Å². The molecule has 0 saturated carbocycles. The number of rotatable bonds is 9. The molecule has 1 aliphatic rings. The summed E-state index contributed by atoms with van der Waals surface area (Å²) < 4.78 is 20.0. The van der Waals surface area contributed by atoms with Crippen LogP contribution < -0.4 is 4.74 Å². The maximum atomic E-state index is 13.8. The van der Waals surface area contributed by atoms with Crippen molar-refractivity contribution in [1.29, 1.82) is 0 Å². The molecule has 2 heterocycles. The van der Waals surface area contributed by atoms with Gasteiger partial charge in [-0.3, -0.25) is 9.59 Å². The van der Waals surface area contributed by atoms with Crippen molar-refractivity contribution < 1.29 is 18.7 Å². The van der Waals surface area contributed by atoms with E-state index in [4.69, 9.17) is 16.3 Å². The summed E-state index contributed by atoms with van der Waals surface area (Å²) in [6.45, 7) is 7.25. The average Bonchev–Trinajstić information content (AvgIpc) is 3.35. The van der Waals surface area contributed by atoms with Gasteiger partial charge in [0.15, 0.2) is 0 Å². The Morgan fingerprint density at radius 3 is 2.76 bits per heavy atom. The average molecular weight is 543 g/mol. The van der Waals surface area contributed by atoms with Gasteiger partial charge in [-0.15, -0.1) is 11.3 Å². The minimum atomic E-state index is -0.475. The molecule has 37 heavy (non-hydrogen) atoms. The van der Waals surface area contributed by atoms with Crippen molar-refractivity contribution in [2.75, 3.05) is 26.2 Å². The molecule has 1 aliphatic heterocycles. The molecule has 0 aliphatic carbocycles. The molecule has 0 spiro atoms. The fourth-order valence-electron chi connectivity index (χ4n) is 4.48. The molecule has 2 aromatic carbocycles. The molecule has 1 atom stereocenters. The second kappa shape index (κ2) is 12.1. The molecule has 0 saturated heterocycles. The highest BCUT2D eigenvalue weighted by Gasteiger charge is 2.33. The molecule has 1 aromatic heterocycles. The molecule has 0 radical (unpaired) electrons. The van der Waals surface area contributed by atoms with Crippen LogP contribution in [0.4, 0.5) is 4.39 Å². The lowest BCUT2D eigenvalue weighted by molar-refractivity contribution is -0.135. The second-order valence-electron chi connectivity index (χ2n) is 9.79. The first kappa shape index (κ1) is 27.1. The highest BCUT2D eigenvalue weighted by Crippen LogP contribution is 2.34. The van der Waals surface area contributed by atoms with Gasteiger partial charge in [0.25, 0.3) is 5.91 Å². The van der Waals surface area contributed by atoms with Crippen LogP contribution in [0.25, 0.3) is 0 Å². The zero-order chi connectivity index (χ0) is 26.5. The molecular weight excluding hydrogens is 511 g/mol. The minimum absolute atomic E-state index is 0.0713. The summed E-state index contributed by atoms with van der Waals surface area (Å²) in [4.78, 5) is 31.6. The van der Waals surface area contributed by atoms with Crippen molar-refractivity contribution in [3.05, 3.63) is 86.3 Å².